The van der Waals surface area contributed by atoms with E-state index in [1.807, 2.05) is 0 Å². The fourth-order valence-electron chi connectivity index (χ4n) is 1.57. The molecule has 1 saturated carbocycles. The average Bonchev–Trinajstić information content (AvgIpc) is 2.04. The van der Waals surface area contributed by atoms with Crippen LogP contribution in [-0.2, 0) is 0 Å². The van der Waals surface area contributed by atoms with Crippen LogP contribution in [0.2, 0.25) is 0 Å². The normalized spacial score (nSPS) is 32.8. The summed E-state index contributed by atoms with van der Waals surface area (Å²) in [5, 5.41) is 16.3. The fourth-order valence-corrected chi connectivity index (χ4v) is 1.57. The summed E-state index contributed by atoms with van der Waals surface area (Å²) in [4.78, 5) is 5.33. The van der Waals surface area contributed by atoms with Gasteiger partial charge in [-0.1, -0.05) is 10.2 Å². The minimum atomic E-state index is -0.528. The molecule has 1 rings (SSSR count). The van der Waals surface area contributed by atoms with E-state index in [2.05, 4.69) is 20.1 Å². The summed E-state index contributed by atoms with van der Waals surface area (Å²) in [7, 11) is 0. The van der Waals surface area contributed by atoms with Crippen molar-refractivity contribution in [3.63, 3.8) is 0 Å². The number of hydrogen-bond acceptors (Lipinski definition) is 3. The molecule has 0 aromatic heterocycles. The van der Waals surface area contributed by atoms with Crippen molar-refractivity contribution in [1.82, 2.24) is 0 Å². The highest BCUT2D eigenvalue weighted by Crippen LogP contribution is 2.24. The quantitative estimate of drug-likeness (QED) is 0.391. The largest absolute Gasteiger partial charge is 0.393 e. The summed E-state index contributed by atoms with van der Waals surface area (Å²) < 4.78 is 0. The van der Waals surface area contributed by atoms with Gasteiger partial charge in [-0.3, -0.25) is 0 Å². The first-order valence-electron chi connectivity index (χ1n) is 4.02. The molecular formula is C6H10N6O. The second-order valence-electron chi connectivity index (χ2n) is 3.08. The summed E-state index contributed by atoms with van der Waals surface area (Å²) in [6.07, 6.45) is 0.925. The Labute approximate surface area is 74.6 Å². The van der Waals surface area contributed by atoms with Gasteiger partial charge in [0.15, 0.2) is 0 Å². The molecular weight excluding hydrogens is 172 g/mol. The maximum absolute atomic E-state index is 9.34. The molecule has 1 aliphatic carbocycles. The number of aliphatic hydroxyl groups is 1. The van der Waals surface area contributed by atoms with Gasteiger partial charge in [-0.15, -0.1) is 0 Å². The fraction of sp³-hybridized carbons (Fsp3) is 1.00. The highest BCUT2D eigenvalue weighted by molar-refractivity contribution is 4.86. The molecule has 0 bridgehead atoms. The van der Waals surface area contributed by atoms with E-state index in [1.165, 1.54) is 0 Å². The number of nitrogens with zero attached hydrogens (tertiary/aromatic N) is 6. The summed E-state index contributed by atoms with van der Waals surface area (Å²) in [5.41, 5.74) is 16.4. The van der Waals surface area contributed by atoms with Crippen LogP contribution >= 0.6 is 0 Å². The molecule has 1 aliphatic rings. The SMILES string of the molecule is [N-]=[N+]=N[C@@H]1C[C@H](O)C[C@H](N=[N+]=[N-])C1. The van der Waals surface area contributed by atoms with E-state index in [9.17, 15) is 5.11 Å². The molecule has 0 aliphatic heterocycles. The molecule has 0 radical (unpaired) electrons. The van der Waals surface area contributed by atoms with Gasteiger partial charge in [0.1, 0.15) is 0 Å². The van der Waals surface area contributed by atoms with Crippen molar-refractivity contribution in [3.05, 3.63) is 20.9 Å². The van der Waals surface area contributed by atoms with Gasteiger partial charge in [-0.05, 0) is 30.3 Å². The van der Waals surface area contributed by atoms with E-state index in [4.69, 9.17) is 11.1 Å². The molecule has 0 aromatic rings. The Morgan fingerprint density at radius 3 is 1.85 bits per heavy atom. The third kappa shape index (κ3) is 2.83. The van der Waals surface area contributed by atoms with Gasteiger partial charge in [0.2, 0.25) is 0 Å². The smallest absolute Gasteiger partial charge is 0.0548 e. The first kappa shape index (κ1) is 9.67. The monoisotopic (exact) mass is 182 g/mol. The van der Waals surface area contributed by atoms with E-state index >= 15 is 0 Å². The molecule has 7 nitrogen and oxygen atoms in total. The molecule has 70 valence electrons. The van der Waals surface area contributed by atoms with Crippen LogP contribution in [0, 0.1) is 0 Å². The van der Waals surface area contributed by atoms with Crippen molar-refractivity contribution < 1.29 is 5.11 Å². The topological polar surface area (TPSA) is 118 Å². The number of rotatable bonds is 2. The molecule has 7 heteroatoms. The molecule has 13 heavy (non-hydrogen) atoms. The van der Waals surface area contributed by atoms with Crippen LogP contribution < -0.4 is 0 Å². The zero-order valence-corrected chi connectivity index (χ0v) is 6.98. The molecule has 0 aromatic carbocycles. The molecule has 0 amide bonds. The Kier molecular flexibility index (Phi) is 3.40. The average molecular weight is 182 g/mol. The third-order valence-corrected chi connectivity index (χ3v) is 2.06. The van der Waals surface area contributed by atoms with Crippen LogP contribution in [0.1, 0.15) is 19.3 Å². The third-order valence-electron chi connectivity index (χ3n) is 2.06. The Morgan fingerprint density at radius 1 is 1.00 bits per heavy atom. The Hall–Kier alpha value is -1.42. The summed E-state index contributed by atoms with van der Waals surface area (Å²) >= 11 is 0. The predicted octanol–water partition coefficient (Wildman–Crippen LogP) is 1.89. The minimum absolute atomic E-state index is 0.246. The standard InChI is InChI=1S/C6H10N6O/c7-11-9-4-1-5(10-12-8)3-6(13)2-4/h4-6,13H,1-3H2/t4-,5+,6-. The first-order valence-corrected chi connectivity index (χ1v) is 4.02. The van der Waals surface area contributed by atoms with Gasteiger partial charge in [-0.2, -0.15) is 0 Å². The lowest BCUT2D eigenvalue weighted by atomic mass is 9.90. The zero-order valence-electron chi connectivity index (χ0n) is 6.98. The molecule has 0 spiro atoms. The maximum atomic E-state index is 9.34. The van der Waals surface area contributed by atoms with Crippen LogP contribution in [0.15, 0.2) is 10.2 Å². The van der Waals surface area contributed by atoms with Crippen molar-refractivity contribution in [2.24, 2.45) is 10.2 Å². The number of azide groups is 2. The highest BCUT2D eigenvalue weighted by atomic mass is 16.3. The van der Waals surface area contributed by atoms with Gasteiger partial charge in [0.25, 0.3) is 0 Å². The summed E-state index contributed by atoms with van der Waals surface area (Å²) in [6, 6.07) is -0.492. The Bertz CT molecular complexity index is 240. The van der Waals surface area contributed by atoms with Gasteiger partial charge < -0.3 is 5.11 Å². The first-order chi connectivity index (χ1) is 6.26. The molecule has 0 unspecified atom stereocenters. The highest BCUT2D eigenvalue weighted by Gasteiger charge is 2.26. The molecule has 1 N–H and O–H groups in total. The lowest BCUT2D eigenvalue weighted by molar-refractivity contribution is 0.111. The summed E-state index contributed by atoms with van der Waals surface area (Å²) in [5.74, 6) is 0. The molecule has 3 atom stereocenters. The lowest BCUT2D eigenvalue weighted by Gasteiger charge is -2.26. The van der Waals surface area contributed by atoms with Gasteiger partial charge in [0, 0.05) is 21.9 Å². The van der Waals surface area contributed by atoms with Crippen LogP contribution in [-0.4, -0.2) is 23.3 Å². The molecule has 0 heterocycles. The van der Waals surface area contributed by atoms with Crippen molar-refractivity contribution >= 4 is 0 Å². The van der Waals surface area contributed by atoms with Crippen LogP contribution in [0.3, 0.4) is 0 Å². The van der Waals surface area contributed by atoms with Gasteiger partial charge in [0.05, 0.1) is 6.10 Å². The summed E-state index contributed by atoms with van der Waals surface area (Å²) in [6.45, 7) is 0. The number of hydrogen-bond donors (Lipinski definition) is 1. The molecule has 0 saturated heterocycles. The van der Waals surface area contributed by atoms with E-state index < -0.39 is 6.10 Å². The van der Waals surface area contributed by atoms with Crippen LogP contribution in [0.4, 0.5) is 0 Å². The van der Waals surface area contributed by atoms with E-state index in [-0.39, 0.29) is 12.1 Å². The van der Waals surface area contributed by atoms with E-state index in [1.54, 1.807) is 0 Å². The lowest BCUT2D eigenvalue weighted by Crippen LogP contribution is -2.30. The van der Waals surface area contributed by atoms with Gasteiger partial charge in [-0.25, -0.2) is 0 Å². The second-order valence-corrected chi connectivity index (χ2v) is 3.08. The van der Waals surface area contributed by atoms with Crippen molar-refractivity contribution in [3.8, 4) is 0 Å². The van der Waals surface area contributed by atoms with Crippen molar-refractivity contribution in [2.45, 2.75) is 37.5 Å². The maximum Gasteiger partial charge on any atom is 0.0548 e. The Balaban J connectivity index is 2.61. The van der Waals surface area contributed by atoms with Crippen molar-refractivity contribution in [2.75, 3.05) is 0 Å². The Morgan fingerprint density at radius 2 is 1.46 bits per heavy atom. The van der Waals surface area contributed by atoms with Crippen LogP contribution in [0.25, 0.3) is 20.9 Å². The van der Waals surface area contributed by atoms with E-state index in [0.717, 1.165) is 0 Å². The van der Waals surface area contributed by atoms with E-state index in [0.29, 0.717) is 19.3 Å². The number of aliphatic hydroxyl groups excluding tert-OH is 1. The van der Waals surface area contributed by atoms with Crippen LogP contribution in [0.5, 0.6) is 0 Å². The van der Waals surface area contributed by atoms with Gasteiger partial charge >= 0.3 is 0 Å². The zero-order chi connectivity index (χ0) is 9.68. The predicted molar refractivity (Wildman–Crippen MR) is 45.7 cm³/mol. The second kappa shape index (κ2) is 4.57. The van der Waals surface area contributed by atoms with Crippen molar-refractivity contribution in [1.29, 1.82) is 0 Å². The molecule has 1 fully saturated rings. The minimum Gasteiger partial charge on any atom is -0.393 e.